The first-order valence-corrected chi connectivity index (χ1v) is 8.27. The topological polar surface area (TPSA) is 21.6 Å². The zero-order valence-electron chi connectivity index (χ0n) is 14.8. The molecular weight excluding hydrogens is 282 g/mol. The molecule has 0 aliphatic carbocycles. The van der Waals surface area contributed by atoms with Gasteiger partial charge in [-0.05, 0) is 52.3 Å². The van der Waals surface area contributed by atoms with E-state index in [1.54, 1.807) is 7.11 Å². The van der Waals surface area contributed by atoms with Crippen LogP contribution in [0.1, 0.15) is 61.8 Å². The highest BCUT2D eigenvalue weighted by Gasteiger charge is 2.13. The van der Waals surface area contributed by atoms with Gasteiger partial charge in [-0.25, -0.2) is 0 Å². The highest BCUT2D eigenvalue weighted by molar-refractivity contribution is 5.84. The number of hydrogen-bond acceptors (Lipinski definition) is 2. The molecule has 122 valence electrons. The van der Waals surface area contributed by atoms with Gasteiger partial charge in [0.25, 0.3) is 0 Å². The van der Waals surface area contributed by atoms with Crippen molar-refractivity contribution >= 4 is 11.9 Å². The molecule has 0 heterocycles. The molecule has 0 aliphatic heterocycles. The van der Waals surface area contributed by atoms with E-state index < -0.39 is 0 Å². The second kappa shape index (κ2) is 8.07. The fourth-order valence-corrected chi connectivity index (χ4v) is 2.79. The maximum atomic E-state index is 5.39. The minimum Gasteiger partial charge on any atom is -0.380 e. The van der Waals surface area contributed by atoms with Gasteiger partial charge in [0.15, 0.2) is 0 Å². The van der Waals surface area contributed by atoms with E-state index in [4.69, 9.17) is 4.74 Å². The van der Waals surface area contributed by atoms with Crippen molar-refractivity contribution < 1.29 is 4.74 Å². The fourth-order valence-electron chi connectivity index (χ4n) is 2.79. The van der Waals surface area contributed by atoms with Crippen LogP contribution in [0.3, 0.4) is 0 Å². The first kappa shape index (κ1) is 17.4. The highest BCUT2D eigenvalue weighted by Crippen LogP contribution is 2.28. The van der Waals surface area contributed by atoms with Gasteiger partial charge in [-0.2, -0.15) is 0 Å². The highest BCUT2D eigenvalue weighted by atomic mass is 16.5. The summed E-state index contributed by atoms with van der Waals surface area (Å²) in [5.74, 6) is 0.944. The average molecular weight is 309 g/mol. The van der Waals surface area contributed by atoms with Crippen LogP contribution in [-0.2, 0) is 11.3 Å². The summed E-state index contributed by atoms with van der Waals surface area (Å²) in [5, 5.41) is 0. The Kier molecular flexibility index (Phi) is 6.12. The number of methoxy groups -OCH3 is 1. The van der Waals surface area contributed by atoms with Gasteiger partial charge in [0.1, 0.15) is 0 Å². The number of ether oxygens (including phenoxy) is 1. The van der Waals surface area contributed by atoms with E-state index in [2.05, 4.69) is 44.8 Å². The summed E-state index contributed by atoms with van der Waals surface area (Å²) in [5.41, 5.74) is 6.12. The van der Waals surface area contributed by atoms with Gasteiger partial charge in [-0.3, -0.25) is 4.99 Å². The Balaban J connectivity index is 2.48. The Morgan fingerprint density at radius 1 is 0.957 bits per heavy atom. The molecular formula is C21H27NO. The van der Waals surface area contributed by atoms with Crippen molar-refractivity contribution in [2.24, 2.45) is 4.99 Å². The Hall–Kier alpha value is -1.93. The van der Waals surface area contributed by atoms with E-state index in [9.17, 15) is 0 Å². The predicted octanol–water partition coefficient (Wildman–Crippen LogP) is 5.83. The zero-order valence-corrected chi connectivity index (χ0v) is 14.8. The molecule has 0 bridgehead atoms. The largest absolute Gasteiger partial charge is 0.380 e. The molecule has 2 heteroatoms. The summed E-state index contributed by atoms with van der Waals surface area (Å²) >= 11 is 0. The van der Waals surface area contributed by atoms with Crippen molar-refractivity contribution in [1.29, 1.82) is 0 Å². The van der Waals surface area contributed by atoms with E-state index in [0.29, 0.717) is 18.4 Å². The number of rotatable bonds is 6. The van der Waals surface area contributed by atoms with Crippen LogP contribution < -0.4 is 0 Å². The van der Waals surface area contributed by atoms with Crippen LogP contribution in [0.25, 0.3) is 0 Å². The molecule has 0 fully saturated rings. The molecule has 2 nitrogen and oxygen atoms in total. The fraction of sp³-hybridized carbons (Fsp3) is 0.381. The molecule has 0 unspecified atom stereocenters. The van der Waals surface area contributed by atoms with Crippen molar-refractivity contribution in [2.75, 3.05) is 7.11 Å². The lowest BCUT2D eigenvalue weighted by Gasteiger charge is -2.18. The summed E-state index contributed by atoms with van der Waals surface area (Å²) < 4.78 is 5.39. The number of para-hydroxylation sites is 1. The van der Waals surface area contributed by atoms with Crippen molar-refractivity contribution in [1.82, 2.24) is 0 Å². The second-order valence-electron chi connectivity index (χ2n) is 6.52. The summed E-state index contributed by atoms with van der Waals surface area (Å²) in [6, 6.07) is 14.6. The molecule has 2 rings (SSSR count). The molecule has 0 aliphatic rings. The molecule has 0 atom stereocenters. The first-order valence-electron chi connectivity index (χ1n) is 8.27. The Labute approximate surface area is 140 Å². The molecule has 0 spiro atoms. The van der Waals surface area contributed by atoms with Crippen molar-refractivity contribution in [3.05, 3.63) is 64.7 Å². The van der Waals surface area contributed by atoms with Gasteiger partial charge in [0, 0.05) is 13.3 Å². The monoisotopic (exact) mass is 309 g/mol. The minimum atomic E-state index is 0.460. The molecule has 0 aromatic heterocycles. The second-order valence-corrected chi connectivity index (χ2v) is 6.52. The summed E-state index contributed by atoms with van der Waals surface area (Å²) in [4.78, 5) is 4.63. The number of benzene rings is 2. The third-order valence-electron chi connectivity index (χ3n) is 4.00. The number of hydrogen-bond donors (Lipinski definition) is 0. The van der Waals surface area contributed by atoms with Crippen LogP contribution in [0.15, 0.2) is 47.5 Å². The van der Waals surface area contributed by atoms with Gasteiger partial charge < -0.3 is 4.74 Å². The molecule has 23 heavy (non-hydrogen) atoms. The smallest absolute Gasteiger partial charge is 0.0716 e. The predicted molar refractivity (Wildman–Crippen MR) is 99.0 cm³/mol. The molecule has 2 aromatic rings. The Morgan fingerprint density at radius 2 is 1.61 bits per heavy atom. The maximum Gasteiger partial charge on any atom is 0.0716 e. The number of aliphatic imine (C=N–C) groups is 1. The lowest BCUT2D eigenvalue weighted by atomic mass is 9.88. The van der Waals surface area contributed by atoms with Crippen LogP contribution in [0.4, 0.5) is 5.69 Å². The van der Waals surface area contributed by atoms with Crippen LogP contribution >= 0.6 is 0 Å². The van der Waals surface area contributed by atoms with Gasteiger partial charge in [0.2, 0.25) is 0 Å². The van der Waals surface area contributed by atoms with Crippen LogP contribution in [0.5, 0.6) is 0 Å². The quantitative estimate of drug-likeness (QED) is 0.615. The van der Waals surface area contributed by atoms with Gasteiger partial charge in [-0.15, -0.1) is 0 Å². The Morgan fingerprint density at radius 3 is 2.17 bits per heavy atom. The van der Waals surface area contributed by atoms with E-state index in [1.807, 2.05) is 36.5 Å². The third-order valence-corrected chi connectivity index (χ3v) is 4.00. The van der Waals surface area contributed by atoms with Crippen molar-refractivity contribution in [2.45, 2.75) is 46.1 Å². The van der Waals surface area contributed by atoms with E-state index in [0.717, 1.165) is 5.69 Å². The van der Waals surface area contributed by atoms with Crippen molar-refractivity contribution in [3.63, 3.8) is 0 Å². The SMILES string of the molecule is COCc1cc(C=Nc2ccccc2)c(C(C)C)cc1C(C)C. The zero-order chi connectivity index (χ0) is 16.8. The van der Waals surface area contributed by atoms with Crippen LogP contribution in [0, 0.1) is 0 Å². The van der Waals surface area contributed by atoms with Gasteiger partial charge in [0.05, 0.1) is 12.3 Å². The van der Waals surface area contributed by atoms with E-state index in [-0.39, 0.29) is 0 Å². The number of nitrogens with zero attached hydrogens (tertiary/aromatic N) is 1. The molecule has 0 radical (unpaired) electrons. The molecule has 0 saturated carbocycles. The van der Waals surface area contributed by atoms with Gasteiger partial charge >= 0.3 is 0 Å². The summed E-state index contributed by atoms with van der Waals surface area (Å²) in [7, 11) is 1.75. The normalized spacial score (nSPS) is 11.8. The van der Waals surface area contributed by atoms with Gasteiger partial charge in [-0.1, -0.05) is 52.0 Å². The lowest BCUT2D eigenvalue weighted by molar-refractivity contribution is 0.184. The molecule has 0 amide bonds. The van der Waals surface area contributed by atoms with Crippen molar-refractivity contribution in [3.8, 4) is 0 Å². The Bertz CT molecular complexity index is 657. The average Bonchev–Trinajstić information content (AvgIpc) is 2.53. The first-order chi connectivity index (χ1) is 11.0. The summed E-state index contributed by atoms with van der Waals surface area (Å²) in [6.07, 6.45) is 1.98. The standard InChI is InChI=1S/C21H27NO/c1-15(2)20-12-21(16(3)4)18(14-23-5)11-17(20)13-22-19-9-7-6-8-10-19/h6-13,15-16H,14H2,1-5H3. The lowest BCUT2D eigenvalue weighted by Crippen LogP contribution is -2.05. The minimum absolute atomic E-state index is 0.460. The van der Waals surface area contributed by atoms with Crippen LogP contribution in [-0.4, -0.2) is 13.3 Å². The third kappa shape index (κ3) is 4.52. The molecule has 0 N–H and O–H groups in total. The molecule has 2 aromatic carbocycles. The summed E-state index contributed by atoms with van der Waals surface area (Å²) in [6.45, 7) is 9.56. The molecule has 0 saturated heterocycles. The van der Waals surface area contributed by atoms with E-state index >= 15 is 0 Å². The maximum absolute atomic E-state index is 5.39. The van der Waals surface area contributed by atoms with Crippen LogP contribution in [0.2, 0.25) is 0 Å². The van der Waals surface area contributed by atoms with E-state index in [1.165, 1.54) is 22.3 Å².